The molecule has 0 bridgehead atoms. The first-order chi connectivity index (χ1) is 8.69. The van der Waals surface area contributed by atoms with Crippen molar-refractivity contribution < 1.29 is 13.9 Å². The Morgan fingerprint density at radius 1 is 1.56 bits per heavy atom. The summed E-state index contributed by atoms with van der Waals surface area (Å²) < 4.78 is 9.92. The Hall–Kier alpha value is -1.89. The van der Waals surface area contributed by atoms with Gasteiger partial charge in [0.15, 0.2) is 5.69 Å². The minimum Gasteiger partial charge on any atom is -0.461 e. The number of thiazole rings is 1. The van der Waals surface area contributed by atoms with Crippen molar-refractivity contribution in [3.8, 4) is 0 Å². The zero-order valence-electron chi connectivity index (χ0n) is 10.1. The van der Waals surface area contributed by atoms with Crippen molar-refractivity contribution in [2.45, 2.75) is 20.4 Å². The van der Waals surface area contributed by atoms with Crippen LogP contribution in [0.4, 0.5) is 6.01 Å². The monoisotopic (exact) mass is 267 g/mol. The van der Waals surface area contributed by atoms with Crippen LogP contribution in [0.15, 0.2) is 16.1 Å². The highest BCUT2D eigenvalue weighted by molar-refractivity contribution is 7.09. The number of carbonyl (C=O) groups is 1. The lowest BCUT2D eigenvalue weighted by Gasteiger charge is -1.97. The van der Waals surface area contributed by atoms with Gasteiger partial charge in [-0.15, -0.1) is 11.3 Å². The van der Waals surface area contributed by atoms with E-state index < -0.39 is 5.97 Å². The van der Waals surface area contributed by atoms with E-state index in [1.54, 1.807) is 18.3 Å². The van der Waals surface area contributed by atoms with Gasteiger partial charge in [-0.05, 0) is 13.8 Å². The van der Waals surface area contributed by atoms with Gasteiger partial charge in [0.1, 0.15) is 11.3 Å². The lowest BCUT2D eigenvalue weighted by atomic mass is 10.5. The number of nitrogens with one attached hydrogen (secondary N) is 1. The number of hydrogen-bond acceptors (Lipinski definition) is 7. The topological polar surface area (TPSA) is 77.2 Å². The van der Waals surface area contributed by atoms with Gasteiger partial charge in [0, 0.05) is 11.1 Å². The van der Waals surface area contributed by atoms with Crippen molar-refractivity contribution in [2.75, 3.05) is 11.9 Å². The molecular weight excluding hydrogens is 254 g/mol. The molecule has 0 fully saturated rings. The van der Waals surface area contributed by atoms with Gasteiger partial charge in [-0.3, -0.25) is 0 Å². The molecule has 2 aromatic rings. The molecule has 1 N–H and O–H groups in total. The van der Waals surface area contributed by atoms with E-state index >= 15 is 0 Å². The summed E-state index contributed by atoms with van der Waals surface area (Å²) >= 11 is 1.56. The third kappa shape index (κ3) is 3.07. The zero-order valence-corrected chi connectivity index (χ0v) is 10.9. The number of carbonyl (C=O) groups excluding carboxylic acids is 1. The fourth-order valence-corrected chi connectivity index (χ4v) is 2.00. The number of esters is 1. The Labute approximate surface area is 108 Å². The van der Waals surface area contributed by atoms with Gasteiger partial charge < -0.3 is 14.5 Å². The second-order valence-corrected chi connectivity index (χ2v) is 4.44. The maximum Gasteiger partial charge on any atom is 0.360 e. The van der Waals surface area contributed by atoms with Crippen LogP contribution in [0.3, 0.4) is 0 Å². The molecule has 6 nitrogen and oxygen atoms in total. The predicted molar refractivity (Wildman–Crippen MR) is 66.6 cm³/mol. The molecule has 0 unspecified atom stereocenters. The summed E-state index contributed by atoms with van der Waals surface area (Å²) in [7, 11) is 0. The summed E-state index contributed by atoms with van der Waals surface area (Å²) in [6.45, 7) is 4.50. The van der Waals surface area contributed by atoms with Gasteiger partial charge >= 0.3 is 5.97 Å². The van der Waals surface area contributed by atoms with Crippen molar-refractivity contribution in [1.82, 2.24) is 9.97 Å². The van der Waals surface area contributed by atoms with Crippen molar-refractivity contribution in [2.24, 2.45) is 0 Å². The van der Waals surface area contributed by atoms with Gasteiger partial charge in [-0.2, -0.15) is 4.98 Å². The molecule has 0 aliphatic heterocycles. The predicted octanol–water partition coefficient (Wildman–Crippen LogP) is 2.23. The summed E-state index contributed by atoms with van der Waals surface area (Å²) in [5.74, 6) is -0.487. The Kier molecular flexibility index (Phi) is 3.93. The van der Waals surface area contributed by atoms with E-state index in [1.807, 2.05) is 12.3 Å². The quantitative estimate of drug-likeness (QED) is 0.837. The second kappa shape index (κ2) is 5.63. The molecule has 2 rings (SSSR count). The molecule has 0 aliphatic carbocycles. The molecule has 18 heavy (non-hydrogen) atoms. The van der Waals surface area contributed by atoms with Gasteiger partial charge in [0.25, 0.3) is 6.01 Å². The smallest absolute Gasteiger partial charge is 0.360 e. The van der Waals surface area contributed by atoms with Crippen LogP contribution in [0.25, 0.3) is 0 Å². The van der Waals surface area contributed by atoms with E-state index in [1.165, 1.54) is 6.26 Å². The van der Waals surface area contributed by atoms with E-state index in [0.29, 0.717) is 13.2 Å². The molecule has 2 aromatic heterocycles. The van der Waals surface area contributed by atoms with Crippen LogP contribution < -0.4 is 5.32 Å². The van der Waals surface area contributed by atoms with Gasteiger partial charge in [0.2, 0.25) is 0 Å². The van der Waals surface area contributed by atoms with Crippen LogP contribution in [-0.4, -0.2) is 22.5 Å². The van der Waals surface area contributed by atoms with Crippen molar-refractivity contribution in [3.63, 3.8) is 0 Å². The van der Waals surface area contributed by atoms with Gasteiger partial charge in [-0.25, -0.2) is 9.78 Å². The van der Waals surface area contributed by atoms with Gasteiger partial charge in [0.05, 0.1) is 13.2 Å². The molecule has 0 amide bonds. The van der Waals surface area contributed by atoms with Crippen molar-refractivity contribution in [1.29, 1.82) is 0 Å². The maximum absolute atomic E-state index is 11.4. The SMILES string of the molecule is CCOC(=O)c1coc(NCc2nc(C)cs2)n1. The van der Waals surface area contributed by atoms with E-state index in [4.69, 9.17) is 9.15 Å². The molecule has 0 aromatic carbocycles. The Morgan fingerprint density at radius 3 is 3.06 bits per heavy atom. The Balaban J connectivity index is 1.92. The maximum atomic E-state index is 11.4. The molecular formula is C11H13N3O3S. The first-order valence-corrected chi connectivity index (χ1v) is 6.34. The highest BCUT2D eigenvalue weighted by Crippen LogP contribution is 2.13. The number of hydrogen-bond donors (Lipinski definition) is 1. The van der Waals surface area contributed by atoms with E-state index in [-0.39, 0.29) is 11.7 Å². The summed E-state index contributed by atoms with van der Waals surface area (Å²) in [5.41, 5.74) is 1.14. The lowest BCUT2D eigenvalue weighted by Crippen LogP contribution is -2.05. The number of anilines is 1. The number of rotatable bonds is 5. The van der Waals surface area contributed by atoms with Crippen molar-refractivity contribution >= 4 is 23.3 Å². The van der Waals surface area contributed by atoms with E-state index in [2.05, 4.69) is 15.3 Å². The van der Waals surface area contributed by atoms with Crippen LogP contribution in [0.1, 0.15) is 28.1 Å². The van der Waals surface area contributed by atoms with E-state index in [0.717, 1.165) is 10.7 Å². The number of aromatic nitrogens is 2. The molecule has 0 atom stereocenters. The number of ether oxygens (including phenoxy) is 1. The highest BCUT2D eigenvalue weighted by Gasteiger charge is 2.13. The van der Waals surface area contributed by atoms with Crippen LogP contribution in [0, 0.1) is 6.92 Å². The molecule has 0 saturated carbocycles. The number of aryl methyl sites for hydroxylation is 1. The fourth-order valence-electron chi connectivity index (χ4n) is 1.29. The molecule has 2 heterocycles. The standard InChI is InChI=1S/C11H13N3O3S/c1-3-16-10(15)8-5-17-11(14-8)12-4-9-13-7(2)6-18-9/h5-6H,3-4H2,1-2H3,(H,12,14). The highest BCUT2D eigenvalue weighted by atomic mass is 32.1. The summed E-state index contributed by atoms with van der Waals surface area (Å²) in [5, 5.41) is 5.86. The molecule has 96 valence electrons. The fraction of sp³-hybridized carbons (Fsp3) is 0.364. The van der Waals surface area contributed by atoms with Gasteiger partial charge in [-0.1, -0.05) is 0 Å². The zero-order chi connectivity index (χ0) is 13.0. The summed E-state index contributed by atoms with van der Waals surface area (Å²) in [6, 6.07) is 0.283. The summed E-state index contributed by atoms with van der Waals surface area (Å²) in [4.78, 5) is 19.6. The van der Waals surface area contributed by atoms with Crippen molar-refractivity contribution in [3.05, 3.63) is 28.0 Å². The third-order valence-electron chi connectivity index (χ3n) is 2.05. The minimum atomic E-state index is -0.487. The van der Waals surface area contributed by atoms with Crippen LogP contribution >= 0.6 is 11.3 Å². The molecule has 7 heteroatoms. The van der Waals surface area contributed by atoms with Crippen LogP contribution in [0.2, 0.25) is 0 Å². The molecule has 0 aliphatic rings. The molecule has 0 saturated heterocycles. The summed E-state index contributed by atoms with van der Waals surface area (Å²) in [6.07, 6.45) is 1.27. The average Bonchev–Trinajstić information content (AvgIpc) is 2.95. The number of oxazole rings is 1. The number of nitrogens with zero attached hydrogens (tertiary/aromatic N) is 2. The van der Waals surface area contributed by atoms with E-state index in [9.17, 15) is 4.79 Å². The average molecular weight is 267 g/mol. The third-order valence-corrected chi connectivity index (χ3v) is 3.01. The molecule has 0 spiro atoms. The van der Waals surface area contributed by atoms with Crippen LogP contribution in [-0.2, 0) is 11.3 Å². The Morgan fingerprint density at radius 2 is 2.39 bits per heavy atom. The first-order valence-electron chi connectivity index (χ1n) is 5.46. The van der Waals surface area contributed by atoms with Crippen LogP contribution in [0.5, 0.6) is 0 Å². The minimum absolute atomic E-state index is 0.162. The normalized spacial score (nSPS) is 10.3. The Bertz CT molecular complexity index is 535. The first kappa shape index (κ1) is 12.6. The lowest BCUT2D eigenvalue weighted by molar-refractivity contribution is 0.0519. The largest absolute Gasteiger partial charge is 0.461 e. The molecule has 0 radical (unpaired) electrons. The second-order valence-electron chi connectivity index (χ2n) is 3.49.